The van der Waals surface area contributed by atoms with Gasteiger partial charge in [0.1, 0.15) is 5.82 Å². The number of terminal acetylenes is 1. The lowest BCUT2D eigenvalue weighted by molar-refractivity contribution is 0.627. The Morgan fingerprint density at radius 1 is 1.47 bits per heavy atom. The van der Waals surface area contributed by atoms with Crippen molar-refractivity contribution in [1.29, 1.82) is 0 Å². The first-order valence-corrected chi connectivity index (χ1v) is 4.01. The van der Waals surface area contributed by atoms with Crippen LogP contribution < -0.4 is 11.5 Å². The second-order valence-corrected chi connectivity index (χ2v) is 2.65. The first-order chi connectivity index (χ1) is 7.13. The summed E-state index contributed by atoms with van der Waals surface area (Å²) in [5.41, 5.74) is 11.1. The third-order valence-corrected chi connectivity index (χ3v) is 1.54. The summed E-state index contributed by atoms with van der Waals surface area (Å²) in [6, 6.07) is 4.00. The van der Waals surface area contributed by atoms with Crippen LogP contribution in [0.1, 0.15) is 11.1 Å². The minimum Gasteiger partial charge on any atom is -0.369 e. The van der Waals surface area contributed by atoms with Crippen LogP contribution >= 0.6 is 0 Å². The second kappa shape index (κ2) is 4.77. The van der Waals surface area contributed by atoms with Gasteiger partial charge in [-0.2, -0.15) is 5.10 Å². The van der Waals surface area contributed by atoms with Crippen LogP contribution in [0.25, 0.3) is 0 Å². The summed E-state index contributed by atoms with van der Waals surface area (Å²) >= 11 is 0. The predicted octanol–water partition coefficient (Wildman–Crippen LogP) is 0.414. The van der Waals surface area contributed by atoms with Crippen LogP contribution in [0.4, 0.5) is 4.39 Å². The fraction of sp³-hybridized carbons (Fsp3) is 0. The van der Waals surface area contributed by atoms with Crippen molar-refractivity contribution in [2.24, 2.45) is 21.7 Å². The number of hydrogen-bond acceptors (Lipinski definition) is 2. The molecule has 5 heteroatoms. The topological polar surface area (TPSA) is 76.8 Å². The van der Waals surface area contributed by atoms with Crippen molar-refractivity contribution in [2.45, 2.75) is 0 Å². The van der Waals surface area contributed by atoms with Gasteiger partial charge in [0, 0.05) is 11.1 Å². The van der Waals surface area contributed by atoms with Crippen molar-refractivity contribution in [2.75, 3.05) is 0 Å². The molecule has 0 bridgehead atoms. The van der Waals surface area contributed by atoms with E-state index in [0.29, 0.717) is 11.1 Å². The molecular formula is C10H9FN4. The zero-order valence-electron chi connectivity index (χ0n) is 7.81. The SMILES string of the molecule is C#Cc1ccc(F)cc1C=NN=C(N)N. The van der Waals surface area contributed by atoms with Crippen LogP contribution in [0, 0.1) is 18.2 Å². The van der Waals surface area contributed by atoms with Gasteiger partial charge in [0.2, 0.25) is 5.96 Å². The van der Waals surface area contributed by atoms with Gasteiger partial charge >= 0.3 is 0 Å². The van der Waals surface area contributed by atoms with Gasteiger partial charge in [0.15, 0.2) is 0 Å². The summed E-state index contributed by atoms with van der Waals surface area (Å²) in [6.45, 7) is 0. The number of nitrogens with two attached hydrogens (primary N) is 2. The first-order valence-electron chi connectivity index (χ1n) is 4.01. The Bertz CT molecular complexity index is 453. The molecule has 0 fully saturated rings. The molecule has 0 saturated heterocycles. The highest BCUT2D eigenvalue weighted by atomic mass is 19.1. The molecule has 0 unspecified atom stereocenters. The molecular weight excluding hydrogens is 195 g/mol. The van der Waals surface area contributed by atoms with E-state index in [1.807, 2.05) is 0 Å². The molecule has 0 aliphatic heterocycles. The number of benzene rings is 1. The number of halogens is 1. The van der Waals surface area contributed by atoms with E-state index in [0.717, 1.165) is 0 Å². The largest absolute Gasteiger partial charge is 0.369 e. The lowest BCUT2D eigenvalue weighted by atomic mass is 10.1. The monoisotopic (exact) mass is 204 g/mol. The highest BCUT2D eigenvalue weighted by molar-refractivity contribution is 5.84. The van der Waals surface area contributed by atoms with Crippen molar-refractivity contribution >= 4 is 12.2 Å². The molecule has 1 aromatic rings. The van der Waals surface area contributed by atoms with Gasteiger partial charge in [-0.3, -0.25) is 0 Å². The fourth-order valence-electron chi connectivity index (χ4n) is 0.930. The molecule has 0 aliphatic carbocycles. The van der Waals surface area contributed by atoms with Crippen LogP contribution in [0.5, 0.6) is 0 Å². The van der Waals surface area contributed by atoms with Gasteiger partial charge in [0.05, 0.1) is 6.21 Å². The standard InChI is InChI=1S/C10H9FN4/c1-2-7-3-4-9(11)5-8(7)6-14-15-10(12)13/h1,3-6H,(H4,12,13,15). The summed E-state index contributed by atoms with van der Waals surface area (Å²) < 4.78 is 12.9. The van der Waals surface area contributed by atoms with Crippen molar-refractivity contribution in [1.82, 2.24) is 0 Å². The van der Waals surface area contributed by atoms with E-state index in [9.17, 15) is 4.39 Å². The number of guanidine groups is 1. The first kappa shape index (κ1) is 10.7. The van der Waals surface area contributed by atoms with Gasteiger partial charge < -0.3 is 11.5 Å². The Morgan fingerprint density at radius 2 is 2.20 bits per heavy atom. The molecule has 15 heavy (non-hydrogen) atoms. The van der Waals surface area contributed by atoms with E-state index in [4.69, 9.17) is 17.9 Å². The third-order valence-electron chi connectivity index (χ3n) is 1.54. The highest BCUT2D eigenvalue weighted by Crippen LogP contribution is 2.07. The maximum absolute atomic E-state index is 12.9. The summed E-state index contributed by atoms with van der Waals surface area (Å²) in [5, 5.41) is 6.92. The van der Waals surface area contributed by atoms with Gasteiger partial charge in [0.25, 0.3) is 0 Å². The molecule has 0 aromatic heterocycles. The molecule has 0 atom stereocenters. The molecule has 4 nitrogen and oxygen atoms in total. The summed E-state index contributed by atoms with van der Waals surface area (Å²) in [5.74, 6) is 1.81. The zero-order chi connectivity index (χ0) is 11.3. The van der Waals surface area contributed by atoms with Crippen LogP contribution in [-0.4, -0.2) is 12.2 Å². The smallest absolute Gasteiger partial charge is 0.211 e. The highest BCUT2D eigenvalue weighted by Gasteiger charge is 1.98. The van der Waals surface area contributed by atoms with Crippen LogP contribution in [-0.2, 0) is 0 Å². The Kier molecular flexibility index (Phi) is 3.41. The average Bonchev–Trinajstić information content (AvgIpc) is 2.17. The predicted molar refractivity (Wildman–Crippen MR) is 57.7 cm³/mol. The van der Waals surface area contributed by atoms with Crippen LogP contribution in [0.2, 0.25) is 0 Å². The maximum atomic E-state index is 12.9. The van der Waals surface area contributed by atoms with Crippen molar-refractivity contribution in [3.05, 3.63) is 35.1 Å². The Balaban J connectivity index is 3.04. The third kappa shape index (κ3) is 3.12. The Hall–Kier alpha value is -2.35. The van der Waals surface area contributed by atoms with Crippen LogP contribution in [0.3, 0.4) is 0 Å². The molecule has 1 aromatic carbocycles. The molecule has 0 heterocycles. The normalized spacial score (nSPS) is 9.87. The van der Waals surface area contributed by atoms with E-state index < -0.39 is 5.82 Å². The molecule has 4 N–H and O–H groups in total. The molecule has 0 spiro atoms. The van der Waals surface area contributed by atoms with Crippen molar-refractivity contribution < 1.29 is 4.39 Å². The lowest BCUT2D eigenvalue weighted by Gasteiger charge is -1.97. The zero-order valence-corrected chi connectivity index (χ0v) is 7.81. The molecule has 0 saturated carbocycles. The van der Waals surface area contributed by atoms with Crippen LogP contribution in [0.15, 0.2) is 28.4 Å². The maximum Gasteiger partial charge on any atom is 0.211 e. The molecule has 76 valence electrons. The van der Waals surface area contributed by atoms with Gasteiger partial charge in [-0.1, -0.05) is 5.92 Å². The molecule has 0 radical (unpaired) electrons. The minimum atomic E-state index is -0.403. The van der Waals surface area contributed by atoms with Gasteiger partial charge in [-0.25, -0.2) is 4.39 Å². The number of rotatable bonds is 2. The number of nitrogens with zero attached hydrogens (tertiary/aromatic N) is 2. The fourth-order valence-corrected chi connectivity index (χ4v) is 0.930. The van der Waals surface area contributed by atoms with E-state index in [-0.39, 0.29) is 5.96 Å². The Morgan fingerprint density at radius 3 is 2.80 bits per heavy atom. The second-order valence-electron chi connectivity index (χ2n) is 2.65. The summed E-state index contributed by atoms with van der Waals surface area (Å²) in [4.78, 5) is 0. The van der Waals surface area contributed by atoms with E-state index in [1.54, 1.807) is 0 Å². The van der Waals surface area contributed by atoms with Crippen molar-refractivity contribution in [3.8, 4) is 12.3 Å². The lowest BCUT2D eigenvalue weighted by Crippen LogP contribution is -2.21. The van der Waals surface area contributed by atoms with Gasteiger partial charge in [-0.15, -0.1) is 11.5 Å². The quantitative estimate of drug-likeness (QED) is 0.317. The Labute approximate surface area is 86.5 Å². The van der Waals surface area contributed by atoms with E-state index >= 15 is 0 Å². The average molecular weight is 204 g/mol. The minimum absolute atomic E-state index is 0.176. The van der Waals surface area contributed by atoms with E-state index in [2.05, 4.69) is 16.1 Å². The summed E-state index contributed by atoms with van der Waals surface area (Å²) in [6.07, 6.45) is 6.50. The number of hydrogen-bond donors (Lipinski definition) is 2. The van der Waals surface area contributed by atoms with Crippen molar-refractivity contribution in [3.63, 3.8) is 0 Å². The van der Waals surface area contributed by atoms with E-state index in [1.165, 1.54) is 24.4 Å². The summed E-state index contributed by atoms with van der Waals surface area (Å²) in [7, 11) is 0. The molecule has 0 amide bonds. The molecule has 1 rings (SSSR count). The van der Waals surface area contributed by atoms with Gasteiger partial charge in [-0.05, 0) is 18.2 Å². The molecule has 0 aliphatic rings.